The zero-order chi connectivity index (χ0) is 23.9. The first-order valence-electron chi connectivity index (χ1n) is 9.66. The number of aryl methyl sites for hydroxylation is 1. The van der Waals surface area contributed by atoms with Crippen molar-refractivity contribution >= 4 is 39.4 Å². The van der Waals surface area contributed by atoms with Gasteiger partial charge in [0.05, 0.1) is 40.4 Å². The second kappa shape index (κ2) is 8.04. The van der Waals surface area contributed by atoms with E-state index < -0.39 is 23.6 Å². The van der Waals surface area contributed by atoms with E-state index in [9.17, 15) is 22.8 Å². The van der Waals surface area contributed by atoms with Gasteiger partial charge in [0.1, 0.15) is 5.82 Å². The van der Waals surface area contributed by atoms with Gasteiger partial charge in [-0.3, -0.25) is 24.7 Å². The molecule has 0 fully saturated rings. The number of carbonyl (C=O) groups excluding carboxylic acids is 2. The molecule has 0 bridgehead atoms. The fourth-order valence-corrected chi connectivity index (χ4v) is 3.45. The number of alkyl halides is 3. The van der Waals surface area contributed by atoms with Crippen LogP contribution in [-0.2, 0) is 24.6 Å². The van der Waals surface area contributed by atoms with Crippen molar-refractivity contribution < 1.29 is 22.8 Å². The second-order valence-electron chi connectivity index (χ2n) is 7.35. The fraction of sp³-hybridized carbons (Fsp3) is 0.190. The summed E-state index contributed by atoms with van der Waals surface area (Å²) in [5.74, 6) is -0.807. The molecule has 33 heavy (non-hydrogen) atoms. The number of anilines is 1. The topological polar surface area (TPSA) is 119 Å². The molecule has 9 nitrogen and oxygen atoms in total. The lowest BCUT2D eigenvalue weighted by Crippen LogP contribution is -2.44. The molecule has 0 aliphatic rings. The molecule has 1 aromatic carbocycles. The summed E-state index contributed by atoms with van der Waals surface area (Å²) in [6, 6.07) is 6.76. The molecule has 0 saturated heterocycles. The minimum absolute atomic E-state index is 0.161. The molecule has 0 atom stereocenters. The van der Waals surface area contributed by atoms with E-state index in [0.29, 0.717) is 33.8 Å². The van der Waals surface area contributed by atoms with Gasteiger partial charge >= 0.3 is 6.18 Å². The summed E-state index contributed by atoms with van der Waals surface area (Å²) < 4.78 is 40.0. The van der Waals surface area contributed by atoms with Gasteiger partial charge in [-0.05, 0) is 30.3 Å². The number of nitrogen functional groups attached to an aromatic ring is 1. The van der Waals surface area contributed by atoms with Crippen LogP contribution in [0.3, 0.4) is 0 Å². The van der Waals surface area contributed by atoms with Crippen molar-refractivity contribution in [2.75, 3.05) is 5.73 Å². The van der Waals surface area contributed by atoms with Crippen molar-refractivity contribution in [3.05, 3.63) is 59.5 Å². The summed E-state index contributed by atoms with van der Waals surface area (Å²) in [5.41, 5.74) is 9.10. The summed E-state index contributed by atoms with van der Waals surface area (Å²) in [6.07, 6.45) is -2.28. The average Bonchev–Trinajstić information content (AvgIpc) is 3.15. The number of nitrogens with zero attached hydrogens (tertiary/aromatic N) is 5. The number of fused-ring (bicyclic) bond motifs is 3. The number of carbonyl (C=O) groups is 2. The fourth-order valence-electron chi connectivity index (χ4n) is 3.45. The Hall–Kier alpha value is -4.22. The number of hydrogen-bond acceptors (Lipinski definition) is 6. The van der Waals surface area contributed by atoms with Crippen LogP contribution < -0.4 is 11.2 Å². The highest BCUT2D eigenvalue weighted by atomic mass is 19.4. The van der Waals surface area contributed by atoms with Gasteiger partial charge in [-0.1, -0.05) is 0 Å². The van der Waals surface area contributed by atoms with Gasteiger partial charge in [-0.25, -0.2) is 9.99 Å². The lowest BCUT2D eigenvalue weighted by Gasteiger charge is -2.22. The van der Waals surface area contributed by atoms with Crippen LogP contribution in [0.1, 0.15) is 28.5 Å². The molecule has 0 aliphatic heterocycles. The largest absolute Gasteiger partial charge is 0.417 e. The molecule has 170 valence electrons. The van der Waals surface area contributed by atoms with Gasteiger partial charge in [0.15, 0.2) is 0 Å². The maximum absolute atomic E-state index is 13.2. The van der Waals surface area contributed by atoms with Crippen molar-refractivity contribution in [3.63, 3.8) is 0 Å². The van der Waals surface area contributed by atoms with Crippen molar-refractivity contribution in [1.82, 2.24) is 30.2 Å². The molecule has 2 amide bonds. The summed E-state index contributed by atoms with van der Waals surface area (Å²) in [5, 5.41) is 6.43. The van der Waals surface area contributed by atoms with E-state index in [1.807, 2.05) is 0 Å². The molecule has 3 aromatic heterocycles. The van der Waals surface area contributed by atoms with Crippen molar-refractivity contribution in [3.8, 4) is 0 Å². The Kier molecular flexibility index (Phi) is 5.36. The van der Waals surface area contributed by atoms with Crippen LogP contribution in [0.25, 0.3) is 21.8 Å². The predicted molar refractivity (Wildman–Crippen MR) is 113 cm³/mol. The van der Waals surface area contributed by atoms with Gasteiger partial charge in [-0.15, -0.1) is 0 Å². The zero-order valence-corrected chi connectivity index (χ0v) is 17.5. The van der Waals surface area contributed by atoms with Crippen LogP contribution in [0.5, 0.6) is 0 Å². The summed E-state index contributed by atoms with van der Waals surface area (Å²) >= 11 is 0. The molecule has 0 spiro atoms. The highest BCUT2D eigenvalue weighted by Gasteiger charge is 2.31. The molecular weight excluding hydrogens is 439 g/mol. The van der Waals surface area contributed by atoms with Gasteiger partial charge < -0.3 is 5.73 Å². The first-order chi connectivity index (χ1) is 15.5. The molecule has 4 rings (SSSR count). The Labute approximate surface area is 185 Å². The third-order valence-corrected chi connectivity index (χ3v) is 4.96. The lowest BCUT2D eigenvalue weighted by molar-refractivity contribution is -0.137. The number of nitrogens with two attached hydrogens (primary N) is 1. The van der Waals surface area contributed by atoms with Crippen molar-refractivity contribution in [2.45, 2.75) is 19.6 Å². The van der Waals surface area contributed by atoms with E-state index in [4.69, 9.17) is 5.73 Å². The molecule has 0 unspecified atom stereocenters. The van der Waals surface area contributed by atoms with Crippen LogP contribution in [0.4, 0.5) is 19.0 Å². The maximum Gasteiger partial charge on any atom is 0.417 e. The molecule has 3 heterocycles. The highest BCUT2D eigenvalue weighted by Crippen LogP contribution is 2.29. The van der Waals surface area contributed by atoms with E-state index in [1.54, 1.807) is 30.1 Å². The molecule has 3 N–H and O–H groups in total. The van der Waals surface area contributed by atoms with E-state index in [0.717, 1.165) is 17.1 Å². The number of amides is 2. The van der Waals surface area contributed by atoms with E-state index >= 15 is 0 Å². The quantitative estimate of drug-likeness (QED) is 0.457. The lowest BCUT2D eigenvalue weighted by atomic mass is 10.1. The highest BCUT2D eigenvalue weighted by molar-refractivity contribution is 6.10. The van der Waals surface area contributed by atoms with Crippen LogP contribution in [-0.4, -0.2) is 36.6 Å². The minimum Gasteiger partial charge on any atom is -0.383 e. The number of rotatable bonds is 3. The summed E-state index contributed by atoms with van der Waals surface area (Å²) in [7, 11) is 1.73. The Morgan fingerprint density at radius 1 is 1.15 bits per heavy atom. The van der Waals surface area contributed by atoms with Crippen molar-refractivity contribution in [2.24, 2.45) is 7.05 Å². The van der Waals surface area contributed by atoms with Crippen LogP contribution in [0.2, 0.25) is 0 Å². The first kappa shape index (κ1) is 22.0. The third kappa shape index (κ3) is 4.27. The Bertz CT molecular complexity index is 1380. The number of aromatic nitrogens is 4. The Morgan fingerprint density at radius 3 is 2.55 bits per heavy atom. The maximum atomic E-state index is 13.2. The third-order valence-electron chi connectivity index (χ3n) is 4.96. The van der Waals surface area contributed by atoms with Gasteiger partial charge in [-0.2, -0.15) is 18.3 Å². The number of nitrogens with one attached hydrogen (secondary N) is 1. The molecule has 4 aromatic rings. The number of hydrazine groups is 1. The summed E-state index contributed by atoms with van der Waals surface area (Å²) in [6.45, 7) is 0.975. The van der Waals surface area contributed by atoms with Gasteiger partial charge in [0.2, 0.25) is 5.91 Å². The number of hydrogen-bond donors (Lipinski definition) is 2. The Balaban J connectivity index is 1.70. The Morgan fingerprint density at radius 2 is 1.91 bits per heavy atom. The van der Waals surface area contributed by atoms with Gasteiger partial charge in [0, 0.05) is 31.1 Å². The van der Waals surface area contributed by atoms with Crippen LogP contribution in [0.15, 0.2) is 42.7 Å². The average molecular weight is 457 g/mol. The monoisotopic (exact) mass is 457 g/mol. The van der Waals surface area contributed by atoms with Crippen LogP contribution in [0, 0.1) is 0 Å². The normalized spacial score (nSPS) is 11.7. The van der Waals surface area contributed by atoms with Gasteiger partial charge in [0.25, 0.3) is 5.91 Å². The smallest absolute Gasteiger partial charge is 0.383 e. The van der Waals surface area contributed by atoms with Crippen LogP contribution >= 0.6 is 0 Å². The number of halogens is 3. The van der Waals surface area contributed by atoms with E-state index in [2.05, 4.69) is 20.5 Å². The van der Waals surface area contributed by atoms with E-state index in [1.165, 1.54) is 13.0 Å². The predicted octanol–water partition coefficient (Wildman–Crippen LogP) is 2.81. The molecule has 12 heteroatoms. The van der Waals surface area contributed by atoms with Crippen molar-refractivity contribution in [1.29, 1.82) is 0 Å². The first-order valence-corrected chi connectivity index (χ1v) is 9.66. The zero-order valence-electron chi connectivity index (χ0n) is 17.5. The molecule has 0 radical (unpaired) electrons. The number of benzene rings is 1. The second-order valence-corrected chi connectivity index (χ2v) is 7.35. The minimum atomic E-state index is -4.53. The summed E-state index contributed by atoms with van der Waals surface area (Å²) in [4.78, 5) is 33.0. The van der Waals surface area contributed by atoms with E-state index in [-0.39, 0.29) is 17.8 Å². The number of pyridine rings is 2. The molecule has 0 aliphatic carbocycles. The SMILES string of the molecule is CC(=O)NN(Cc1ccc(C(F)(F)F)cn1)C(=O)c1ccc2nc(N)c3cnn(C)c3c2c1. The standard InChI is InChI=1S/C21H18F3N7O2/c1-11(32)29-31(10-14-5-4-13(8-26-14)21(22,23)24)20(33)12-3-6-17-15(7-12)18-16(19(25)28-17)9-27-30(18)2/h3-9H,10H2,1-2H3,(H2,25,28)(H,29,32). The molecular formula is C21H18F3N7O2. The molecule has 0 saturated carbocycles.